The van der Waals surface area contributed by atoms with E-state index >= 15 is 0 Å². The van der Waals surface area contributed by atoms with Gasteiger partial charge in [-0.3, -0.25) is 0 Å². The highest BCUT2D eigenvalue weighted by molar-refractivity contribution is 9.10. The second-order valence-electron chi connectivity index (χ2n) is 4.61. The molecule has 0 fully saturated rings. The minimum atomic E-state index is -3.67. The molecule has 0 spiro atoms. The lowest BCUT2D eigenvalue weighted by Gasteiger charge is -2.18. The summed E-state index contributed by atoms with van der Waals surface area (Å²) in [5.41, 5.74) is 6.76. The molecular weight excluding hydrogens is 356 g/mol. The number of phenols is 1. The van der Waals surface area contributed by atoms with Gasteiger partial charge in [0.1, 0.15) is 10.6 Å². The van der Waals surface area contributed by atoms with Crippen LogP contribution in [0.2, 0.25) is 0 Å². The summed E-state index contributed by atoms with van der Waals surface area (Å²) in [4.78, 5) is 0.0759. The summed E-state index contributed by atoms with van der Waals surface area (Å²) in [6, 6.07) is 11.0. The van der Waals surface area contributed by atoms with Crippen molar-refractivity contribution in [1.29, 1.82) is 0 Å². The van der Waals surface area contributed by atoms with Gasteiger partial charge in [0, 0.05) is 18.1 Å². The number of nitrogens with zero attached hydrogens (tertiary/aromatic N) is 1. The second-order valence-corrected chi connectivity index (χ2v) is 7.54. The van der Waals surface area contributed by atoms with Crippen LogP contribution < -0.4 is 5.73 Å². The van der Waals surface area contributed by atoms with E-state index in [0.717, 1.165) is 10.0 Å². The average molecular weight is 371 g/mol. The van der Waals surface area contributed by atoms with Crippen LogP contribution in [0.25, 0.3) is 0 Å². The van der Waals surface area contributed by atoms with Crippen LogP contribution in [0.1, 0.15) is 5.56 Å². The fourth-order valence-corrected chi connectivity index (χ4v) is 3.50. The molecular formula is C14H15BrN2O3S. The number of anilines is 1. The van der Waals surface area contributed by atoms with Gasteiger partial charge in [0.05, 0.1) is 5.69 Å². The number of nitrogen functional groups attached to an aromatic ring is 1. The molecule has 0 atom stereocenters. The Morgan fingerprint density at radius 3 is 2.38 bits per heavy atom. The molecule has 0 aliphatic rings. The number of benzene rings is 2. The monoisotopic (exact) mass is 370 g/mol. The standard InChI is InChI=1S/C14H15BrN2O3S/c1-17(9-10-2-5-12(18)6-3-10)21(19,20)14-7-4-11(15)8-13(14)16/h2-8,18H,9,16H2,1H3. The highest BCUT2D eigenvalue weighted by Gasteiger charge is 2.23. The minimum Gasteiger partial charge on any atom is -0.508 e. The number of sulfonamides is 1. The lowest BCUT2D eigenvalue weighted by atomic mass is 10.2. The Kier molecular flexibility index (Phi) is 4.55. The maximum absolute atomic E-state index is 12.5. The molecule has 112 valence electrons. The molecule has 0 aliphatic carbocycles. The summed E-state index contributed by atoms with van der Waals surface area (Å²) in [6.07, 6.45) is 0. The molecule has 0 amide bonds. The Hall–Kier alpha value is -1.57. The maximum atomic E-state index is 12.5. The van der Waals surface area contributed by atoms with Crippen molar-refractivity contribution in [2.75, 3.05) is 12.8 Å². The van der Waals surface area contributed by atoms with E-state index < -0.39 is 10.0 Å². The third kappa shape index (κ3) is 3.55. The van der Waals surface area contributed by atoms with Crippen LogP contribution in [-0.4, -0.2) is 24.9 Å². The van der Waals surface area contributed by atoms with Crippen molar-refractivity contribution in [3.8, 4) is 5.75 Å². The molecule has 0 aliphatic heterocycles. The van der Waals surface area contributed by atoms with Gasteiger partial charge in [-0.1, -0.05) is 28.1 Å². The SMILES string of the molecule is CN(Cc1ccc(O)cc1)S(=O)(=O)c1ccc(Br)cc1N. The van der Waals surface area contributed by atoms with Crippen LogP contribution in [0.3, 0.4) is 0 Å². The van der Waals surface area contributed by atoms with Crippen LogP contribution in [0.5, 0.6) is 5.75 Å². The molecule has 2 rings (SSSR count). The molecule has 3 N–H and O–H groups in total. The lowest BCUT2D eigenvalue weighted by Crippen LogP contribution is -2.27. The Labute approximate surface area is 132 Å². The molecule has 0 saturated heterocycles. The lowest BCUT2D eigenvalue weighted by molar-refractivity contribution is 0.464. The highest BCUT2D eigenvalue weighted by Crippen LogP contribution is 2.26. The first-order chi connectivity index (χ1) is 9.80. The number of hydrogen-bond acceptors (Lipinski definition) is 4. The Morgan fingerprint density at radius 2 is 1.81 bits per heavy atom. The first kappa shape index (κ1) is 15.8. The van der Waals surface area contributed by atoms with Crippen molar-refractivity contribution >= 4 is 31.6 Å². The number of hydrogen-bond donors (Lipinski definition) is 2. The summed E-state index contributed by atoms with van der Waals surface area (Å²) in [5, 5.41) is 9.24. The summed E-state index contributed by atoms with van der Waals surface area (Å²) in [7, 11) is -2.18. The molecule has 0 heterocycles. The van der Waals surface area contributed by atoms with Crippen molar-refractivity contribution in [2.45, 2.75) is 11.4 Å². The van der Waals surface area contributed by atoms with Gasteiger partial charge in [-0.15, -0.1) is 0 Å². The van der Waals surface area contributed by atoms with Crippen molar-refractivity contribution in [3.63, 3.8) is 0 Å². The molecule has 5 nitrogen and oxygen atoms in total. The van der Waals surface area contributed by atoms with E-state index in [1.165, 1.54) is 29.6 Å². The fraction of sp³-hybridized carbons (Fsp3) is 0.143. The zero-order chi connectivity index (χ0) is 15.6. The zero-order valence-corrected chi connectivity index (χ0v) is 13.7. The third-order valence-electron chi connectivity index (χ3n) is 3.00. The maximum Gasteiger partial charge on any atom is 0.245 e. The largest absolute Gasteiger partial charge is 0.508 e. The molecule has 2 aromatic rings. The van der Waals surface area contributed by atoms with Crippen LogP contribution in [0, 0.1) is 0 Å². The van der Waals surface area contributed by atoms with Gasteiger partial charge in [0.2, 0.25) is 10.0 Å². The van der Waals surface area contributed by atoms with Crippen LogP contribution >= 0.6 is 15.9 Å². The first-order valence-electron chi connectivity index (χ1n) is 6.10. The van der Waals surface area contributed by atoms with Gasteiger partial charge < -0.3 is 10.8 Å². The molecule has 0 aromatic heterocycles. The molecule has 0 radical (unpaired) electrons. The van der Waals surface area contributed by atoms with Gasteiger partial charge in [-0.2, -0.15) is 4.31 Å². The summed E-state index contributed by atoms with van der Waals surface area (Å²) in [6.45, 7) is 0.193. The van der Waals surface area contributed by atoms with Crippen molar-refractivity contribution in [2.24, 2.45) is 0 Å². The Morgan fingerprint density at radius 1 is 1.19 bits per heavy atom. The summed E-state index contributed by atoms with van der Waals surface area (Å²) < 4.78 is 27.0. The first-order valence-corrected chi connectivity index (χ1v) is 8.33. The Bertz CT molecular complexity index is 745. The fourth-order valence-electron chi connectivity index (χ4n) is 1.87. The molecule has 21 heavy (non-hydrogen) atoms. The topological polar surface area (TPSA) is 83.6 Å². The summed E-state index contributed by atoms with van der Waals surface area (Å²) >= 11 is 3.25. The van der Waals surface area contributed by atoms with Gasteiger partial charge in [-0.05, 0) is 35.9 Å². The van der Waals surface area contributed by atoms with Crippen molar-refractivity contribution in [1.82, 2.24) is 4.31 Å². The molecule has 2 aromatic carbocycles. The van der Waals surface area contributed by atoms with Gasteiger partial charge in [-0.25, -0.2) is 8.42 Å². The smallest absolute Gasteiger partial charge is 0.245 e. The number of rotatable bonds is 4. The van der Waals surface area contributed by atoms with Gasteiger partial charge in [0.25, 0.3) is 0 Å². The normalized spacial score (nSPS) is 11.8. The van der Waals surface area contributed by atoms with Crippen LogP contribution in [0.15, 0.2) is 51.8 Å². The number of nitrogens with two attached hydrogens (primary N) is 1. The van der Waals surface area contributed by atoms with Crippen molar-refractivity contribution < 1.29 is 13.5 Å². The molecule has 0 saturated carbocycles. The average Bonchev–Trinajstić information content (AvgIpc) is 2.40. The highest BCUT2D eigenvalue weighted by atomic mass is 79.9. The van der Waals surface area contributed by atoms with E-state index in [1.807, 2.05) is 0 Å². The zero-order valence-electron chi connectivity index (χ0n) is 11.3. The Balaban J connectivity index is 2.28. The van der Waals surface area contributed by atoms with Crippen LogP contribution in [-0.2, 0) is 16.6 Å². The van der Waals surface area contributed by atoms with E-state index in [-0.39, 0.29) is 22.9 Å². The third-order valence-corrected chi connectivity index (χ3v) is 5.37. The minimum absolute atomic E-state index is 0.0759. The predicted octanol–water partition coefficient (Wildman–Crippen LogP) is 2.56. The second kappa shape index (κ2) is 6.05. The van der Waals surface area contributed by atoms with Gasteiger partial charge in [0.15, 0.2) is 0 Å². The van der Waals surface area contributed by atoms with E-state index in [0.29, 0.717) is 0 Å². The van der Waals surface area contributed by atoms with Gasteiger partial charge >= 0.3 is 0 Å². The van der Waals surface area contributed by atoms with E-state index in [4.69, 9.17) is 5.73 Å². The number of aromatic hydroxyl groups is 1. The number of phenolic OH excluding ortho intramolecular Hbond substituents is 1. The molecule has 0 unspecified atom stereocenters. The molecule has 0 bridgehead atoms. The van der Waals surface area contributed by atoms with Crippen molar-refractivity contribution in [3.05, 3.63) is 52.5 Å². The quantitative estimate of drug-likeness (QED) is 0.810. The number of halogens is 1. The van der Waals surface area contributed by atoms with E-state index in [1.54, 1.807) is 24.3 Å². The molecule has 7 heteroatoms. The van der Waals surface area contributed by atoms with Crippen LogP contribution in [0.4, 0.5) is 5.69 Å². The summed E-state index contributed by atoms with van der Waals surface area (Å²) in [5.74, 6) is 0.140. The van der Waals surface area contributed by atoms with E-state index in [9.17, 15) is 13.5 Å². The predicted molar refractivity (Wildman–Crippen MR) is 85.3 cm³/mol. The van der Waals surface area contributed by atoms with E-state index in [2.05, 4.69) is 15.9 Å².